The fourth-order valence-corrected chi connectivity index (χ4v) is 3.04. The Kier molecular flexibility index (Phi) is 6.27. The van der Waals surface area contributed by atoms with Crippen LogP contribution in [-0.4, -0.2) is 17.9 Å². The number of hydrogen-bond acceptors (Lipinski definition) is 3. The topological polar surface area (TPSA) is 71.3 Å². The van der Waals surface area contributed by atoms with Gasteiger partial charge in [-0.25, -0.2) is 0 Å². The summed E-state index contributed by atoms with van der Waals surface area (Å²) in [4.78, 5) is 25.5. The summed E-state index contributed by atoms with van der Waals surface area (Å²) in [5.74, 6) is -0.560. The van der Waals surface area contributed by atoms with Crippen LogP contribution in [-0.2, 0) is 4.79 Å². The largest absolute Gasteiger partial charge is 0.459 e. The van der Waals surface area contributed by atoms with Gasteiger partial charge in [0, 0.05) is 0 Å². The second kappa shape index (κ2) is 9.04. The van der Waals surface area contributed by atoms with E-state index in [-0.39, 0.29) is 23.6 Å². The second-order valence-corrected chi connectivity index (χ2v) is 6.94. The number of furan rings is 1. The van der Waals surface area contributed by atoms with Crippen molar-refractivity contribution >= 4 is 11.8 Å². The van der Waals surface area contributed by atoms with E-state index in [1.165, 1.54) is 6.26 Å². The van der Waals surface area contributed by atoms with Gasteiger partial charge in [-0.05, 0) is 29.2 Å². The van der Waals surface area contributed by atoms with Gasteiger partial charge in [0.15, 0.2) is 5.76 Å². The molecule has 1 atom stereocenters. The molecule has 5 heteroatoms. The monoisotopic (exact) mass is 376 g/mol. The molecule has 0 aliphatic carbocycles. The molecule has 0 radical (unpaired) electrons. The van der Waals surface area contributed by atoms with E-state index in [2.05, 4.69) is 10.6 Å². The van der Waals surface area contributed by atoms with Crippen LogP contribution in [0.25, 0.3) is 0 Å². The molecule has 0 unspecified atom stereocenters. The Hall–Kier alpha value is -3.34. The smallest absolute Gasteiger partial charge is 0.287 e. The fourth-order valence-electron chi connectivity index (χ4n) is 3.04. The third kappa shape index (κ3) is 4.68. The van der Waals surface area contributed by atoms with Crippen LogP contribution < -0.4 is 10.6 Å². The zero-order valence-corrected chi connectivity index (χ0v) is 16.0. The molecule has 0 spiro atoms. The lowest BCUT2D eigenvalue weighted by molar-refractivity contribution is -0.124. The van der Waals surface area contributed by atoms with Gasteiger partial charge in [0.25, 0.3) is 5.91 Å². The number of nitrogens with one attached hydrogen (secondary N) is 2. The van der Waals surface area contributed by atoms with Gasteiger partial charge in [0.2, 0.25) is 5.91 Å². The van der Waals surface area contributed by atoms with Crippen LogP contribution >= 0.6 is 0 Å². The highest BCUT2D eigenvalue weighted by Crippen LogP contribution is 2.22. The number of carbonyl (C=O) groups is 2. The van der Waals surface area contributed by atoms with Crippen molar-refractivity contribution in [2.24, 2.45) is 5.92 Å². The van der Waals surface area contributed by atoms with Crippen molar-refractivity contribution < 1.29 is 14.0 Å². The number of amides is 2. The zero-order valence-electron chi connectivity index (χ0n) is 16.0. The Morgan fingerprint density at radius 3 is 1.82 bits per heavy atom. The minimum absolute atomic E-state index is 0.0916. The first-order valence-electron chi connectivity index (χ1n) is 9.31. The van der Waals surface area contributed by atoms with Crippen LogP contribution in [0.15, 0.2) is 83.5 Å². The van der Waals surface area contributed by atoms with E-state index < -0.39 is 11.9 Å². The van der Waals surface area contributed by atoms with Crippen molar-refractivity contribution in [2.45, 2.75) is 25.9 Å². The predicted octanol–water partition coefficient (Wildman–Crippen LogP) is 3.94. The molecule has 1 aromatic heterocycles. The molecule has 2 N–H and O–H groups in total. The Balaban J connectivity index is 1.82. The SMILES string of the molecule is CC(C)[C@H](NC(=O)c1ccco1)C(=O)NC(c1ccccc1)c1ccccc1. The molecule has 28 heavy (non-hydrogen) atoms. The van der Waals surface area contributed by atoms with Gasteiger partial charge in [-0.2, -0.15) is 0 Å². The van der Waals surface area contributed by atoms with Crippen molar-refractivity contribution in [1.82, 2.24) is 10.6 Å². The first-order chi connectivity index (χ1) is 13.6. The summed E-state index contributed by atoms with van der Waals surface area (Å²) in [7, 11) is 0. The molecule has 5 nitrogen and oxygen atoms in total. The van der Waals surface area contributed by atoms with Gasteiger partial charge in [0.05, 0.1) is 12.3 Å². The van der Waals surface area contributed by atoms with Gasteiger partial charge in [-0.15, -0.1) is 0 Å². The summed E-state index contributed by atoms with van der Waals surface area (Å²) in [5, 5.41) is 5.88. The summed E-state index contributed by atoms with van der Waals surface area (Å²) >= 11 is 0. The molecule has 1 heterocycles. The number of rotatable bonds is 7. The summed E-state index contributed by atoms with van der Waals surface area (Å²) in [6.45, 7) is 3.79. The standard InChI is InChI=1S/C23H24N2O3/c1-16(2)20(24-22(26)19-14-9-15-28-19)23(27)25-21(17-10-5-3-6-11-17)18-12-7-4-8-13-18/h3-16,20-21H,1-2H3,(H,24,26)(H,25,27)/t20-/m0/s1. The molecule has 2 aromatic carbocycles. The minimum Gasteiger partial charge on any atom is -0.459 e. The Morgan fingerprint density at radius 1 is 0.786 bits per heavy atom. The Bertz CT molecular complexity index is 851. The second-order valence-electron chi connectivity index (χ2n) is 6.94. The minimum atomic E-state index is -0.687. The molecular formula is C23H24N2O3. The number of hydrogen-bond donors (Lipinski definition) is 2. The fraction of sp³-hybridized carbons (Fsp3) is 0.217. The predicted molar refractivity (Wildman–Crippen MR) is 108 cm³/mol. The lowest BCUT2D eigenvalue weighted by Gasteiger charge is -2.26. The molecular weight excluding hydrogens is 352 g/mol. The molecule has 0 fully saturated rings. The normalized spacial score (nSPS) is 12.0. The van der Waals surface area contributed by atoms with Crippen molar-refractivity contribution in [3.8, 4) is 0 Å². The quantitative estimate of drug-likeness (QED) is 0.656. The Morgan fingerprint density at radius 2 is 1.36 bits per heavy atom. The van der Waals surface area contributed by atoms with Gasteiger partial charge >= 0.3 is 0 Å². The Labute approximate surface area is 164 Å². The molecule has 0 aliphatic heterocycles. The van der Waals surface area contributed by atoms with E-state index in [4.69, 9.17) is 4.42 Å². The first-order valence-corrected chi connectivity index (χ1v) is 9.31. The van der Waals surface area contributed by atoms with E-state index in [9.17, 15) is 9.59 Å². The van der Waals surface area contributed by atoms with E-state index >= 15 is 0 Å². The van der Waals surface area contributed by atoms with Gasteiger partial charge in [-0.1, -0.05) is 74.5 Å². The average Bonchev–Trinajstić information content (AvgIpc) is 3.26. The maximum atomic E-state index is 13.1. The highest BCUT2D eigenvalue weighted by molar-refractivity contribution is 5.95. The van der Waals surface area contributed by atoms with Gasteiger partial charge < -0.3 is 15.1 Å². The molecule has 144 valence electrons. The van der Waals surface area contributed by atoms with Crippen molar-refractivity contribution in [1.29, 1.82) is 0 Å². The van der Waals surface area contributed by atoms with Crippen molar-refractivity contribution in [3.63, 3.8) is 0 Å². The summed E-state index contributed by atoms with van der Waals surface area (Å²) in [6.07, 6.45) is 1.43. The van der Waals surface area contributed by atoms with Crippen LogP contribution in [0.4, 0.5) is 0 Å². The number of benzene rings is 2. The van der Waals surface area contributed by atoms with E-state index in [1.807, 2.05) is 74.5 Å². The van der Waals surface area contributed by atoms with E-state index in [0.29, 0.717) is 0 Å². The van der Waals surface area contributed by atoms with E-state index in [0.717, 1.165) is 11.1 Å². The third-order valence-electron chi connectivity index (χ3n) is 4.53. The first kappa shape index (κ1) is 19.4. The van der Waals surface area contributed by atoms with Gasteiger partial charge in [0.1, 0.15) is 6.04 Å². The molecule has 0 saturated heterocycles. The summed E-state index contributed by atoms with van der Waals surface area (Å²) in [6, 6.07) is 21.8. The maximum Gasteiger partial charge on any atom is 0.287 e. The summed E-state index contributed by atoms with van der Waals surface area (Å²) < 4.78 is 5.13. The van der Waals surface area contributed by atoms with Crippen LogP contribution in [0.2, 0.25) is 0 Å². The third-order valence-corrected chi connectivity index (χ3v) is 4.53. The van der Waals surface area contributed by atoms with Crippen LogP contribution in [0, 0.1) is 5.92 Å². The van der Waals surface area contributed by atoms with E-state index in [1.54, 1.807) is 12.1 Å². The highest BCUT2D eigenvalue weighted by Gasteiger charge is 2.28. The van der Waals surface area contributed by atoms with Crippen LogP contribution in [0.5, 0.6) is 0 Å². The molecule has 3 rings (SSSR count). The molecule has 0 bridgehead atoms. The lowest BCUT2D eigenvalue weighted by atomic mass is 9.97. The van der Waals surface area contributed by atoms with Crippen molar-refractivity contribution in [2.75, 3.05) is 0 Å². The highest BCUT2D eigenvalue weighted by atomic mass is 16.3. The lowest BCUT2D eigenvalue weighted by Crippen LogP contribution is -2.50. The average molecular weight is 376 g/mol. The molecule has 0 aliphatic rings. The molecule has 3 aromatic rings. The maximum absolute atomic E-state index is 13.1. The van der Waals surface area contributed by atoms with Crippen LogP contribution in [0.3, 0.4) is 0 Å². The van der Waals surface area contributed by atoms with Crippen molar-refractivity contribution in [3.05, 3.63) is 95.9 Å². The zero-order chi connectivity index (χ0) is 19.9. The van der Waals surface area contributed by atoms with Crippen LogP contribution in [0.1, 0.15) is 41.6 Å². The number of carbonyl (C=O) groups excluding carboxylic acids is 2. The molecule has 2 amide bonds. The van der Waals surface area contributed by atoms with Gasteiger partial charge in [-0.3, -0.25) is 9.59 Å². The molecule has 0 saturated carbocycles. The summed E-state index contributed by atoms with van der Waals surface area (Å²) in [5.41, 5.74) is 1.95.